The second-order valence-corrected chi connectivity index (χ2v) is 5.72. The predicted molar refractivity (Wildman–Crippen MR) is 82.9 cm³/mol. The lowest BCUT2D eigenvalue weighted by atomic mass is 10.2. The molecule has 1 aliphatic carbocycles. The summed E-state index contributed by atoms with van der Waals surface area (Å²) < 4.78 is 0. The highest BCUT2D eigenvalue weighted by Crippen LogP contribution is 2.22. The zero-order valence-electron chi connectivity index (χ0n) is 12.9. The van der Waals surface area contributed by atoms with Gasteiger partial charge in [-0.15, -0.1) is 0 Å². The van der Waals surface area contributed by atoms with Gasteiger partial charge in [0.05, 0.1) is 0 Å². The van der Waals surface area contributed by atoms with Crippen LogP contribution in [0.1, 0.15) is 50.4 Å². The minimum Gasteiger partial charge on any atom is -0.369 e. The molecule has 2 rings (SSSR count). The van der Waals surface area contributed by atoms with E-state index in [9.17, 15) is 4.79 Å². The molecule has 1 amide bonds. The lowest BCUT2D eigenvalue weighted by Crippen LogP contribution is -2.27. The predicted octanol–water partition coefficient (Wildman–Crippen LogP) is 1.27. The summed E-state index contributed by atoms with van der Waals surface area (Å²) in [6, 6.07) is 0.402. The van der Waals surface area contributed by atoms with Crippen LogP contribution >= 0.6 is 0 Å². The van der Waals surface area contributed by atoms with Gasteiger partial charge in [-0.3, -0.25) is 4.79 Å². The lowest BCUT2D eigenvalue weighted by molar-refractivity contribution is -0.120. The van der Waals surface area contributed by atoms with Crippen molar-refractivity contribution in [2.75, 3.05) is 17.3 Å². The van der Waals surface area contributed by atoms with Crippen molar-refractivity contribution in [2.45, 2.75) is 52.0 Å². The van der Waals surface area contributed by atoms with Crippen LogP contribution in [0.3, 0.4) is 0 Å². The molecule has 0 atom stereocenters. The van der Waals surface area contributed by atoms with E-state index in [4.69, 9.17) is 5.84 Å². The topological polar surface area (TPSA) is 105 Å². The van der Waals surface area contributed by atoms with Crippen molar-refractivity contribution in [3.8, 4) is 0 Å². The number of rotatable bonds is 7. The minimum absolute atomic E-state index is 0.0814. The monoisotopic (exact) mass is 292 g/mol. The summed E-state index contributed by atoms with van der Waals surface area (Å²) in [7, 11) is 0. The zero-order valence-corrected chi connectivity index (χ0v) is 12.9. The van der Waals surface area contributed by atoms with Crippen molar-refractivity contribution < 1.29 is 4.79 Å². The van der Waals surface area contributed by atoms with Gasteiger partial charge in [0.15, 0.2) is 0 Å². The fourth-order valence-corrected chi connectivity index (χ4v) is 1.93. The van der Waals surface area contributed by atoms with Crippen molar-refractivity contribution in [1.82, 2.24) is 15.3 Å². The van der Waals surface area contributed by atoms with Crippen LogP contribution in [0.5, 0.6) is 0 Å². The average molecular weight is 292 g/mol. The Balaban J connectivity index is 1.97. The molecule has 0 saturated heterocycles. The van der Waals surface area contributed by atoms with Gasteiger partial charge in [-0.25, -0.2) is 15.8 Å². The molecule has 1 fully saturated rings. The van der Waals surface area contributed by atoms with Crippen LogP contribution in [-0.4, -0.2) is 28.5 Å². The largest absolute Gasteiger partial charge is 0.369 e. The molecule has 116 valence electrons. The third kappa shape index (κ3) is 4.29. The number of nitrogens with two attached hydrogens (primary N) is 1. The van der Waals surface area contributed by atoms with Crippen LogP contribution in [0.2, 0.25) is 0 Å². The number of aromatic nitrogens is 2. The molecule has 21 heavy (non-hydrogen) atoms. The second-order valence-electron chi connectivity index (χ2n) is 5.72. The van der Waals surface area contributed by atoms with E-state index in [2.05, 4.69) is 26.0 Å². The van der Waals surface area contributed by atoms with E-state index in [0.29, 0.717) is 24.8 Å². The van der Waals surface area contributed by atoms with E-state index in [0.717, 1.165) is 30.0 Å². The number of amides is 1. The Bertz CT molecular complexity index is 512. The first-order valence-electron chi connectivity index (χ1n) is 7.39. The van der Waals surface area contributed by atoms with Crippen molar-refractivity contribution in [2.24, 2.45) is 5.84 Å². The maximum atomic E-state index is 11.7. The van der Waals surface area contributed by atoms with E-state index in [-0.39, 0.29) is 11.8 Å². The van der Waals surface area contributed by atoms with Crippen LogP contribution in [0.25, 0.3) is 0 Å². The Kier molecular flexibility index (Phi) is 4.95. The number of anilines is 2. The summed E-state index contributed by atoms with van der Waals surface area (Å²) in [6.07, 6.45) is 2.64. The van der Waals surface area contributed by atoms with E-state index in [1.165, 1.54) is 0 Å². The Hall–Kier alpha value is -1.89. The first kappa shape index (κ1) is 15.5. The first-order chi connectivity index (χ1) is 10.0. The normalized spacial score (nSPS) is 14.1. The SMILES string of the molecule is Cc1c(NN)nc(C(C)C)nc1NCCC(=O)NC1CC1. The fourth-order valence-electron chi connectivity index (χ4n) is 1.93. The Morgan fingerprint density at radius 2 is 2.00 bits per heavy atom. The van der Waals surface area contributed by atoms with Gasteiger partial charge in [-0.05, 0) is 19.8 Å². The highest BCUT2D eigenvalue weighted by atomic mass is 16.1. The number of hydrogen-bond donors (Lipinski definition) is 4. The quantitative estimate of drug-likeness (QED) is 0.445. The minimum atomic E-state index is 0.0814. The zero-order chi connectivity index (χ0) is 15.4. The molecule has 0 bridgehead atoms. The van der Waals surface area contributed by atoms with Crippen LogP contribution in [0, 0.1) is 6.92 Å². The number of hydrazine groups is 1. The Morgan fingerprint density at radius 1 is 1.33 bits per heavy atom. The van der Waals surface area contributed by atoms with Gasteiger partial charge in [0.1, 0.15) is 17.5 Å². The molecule has 0 aliphatic heterocycles. The van der Waals surface area contributed by atoms with Gasteiger partial charge in [0, 0.05) is 30.5 Å². The molecule has 1 aromatic rings. The summed E-state index contributed by atoms with van der Waals surface area (Å²) in [5.41, 5.74) is 3.45. The highest BCUT2D eigenvalue weighted by Gasteiger charge is 2.22. The van der Waals surface area contributed by atoms with Crippen LogP contribution in [0.4, 0.5) is 11.6 Å². The van der Waals surface area contributed by atoms with Gasteiger partial charge in [-0.1, -0.05) is 13.8 Å². The summed E-state index contributed by atoms with van der Waals surface area (Å²) in [5.74, 6) is 7.84. The molecule has 7 heteroatoms. The van der Waals surface area contributed by atoms with Crippen molar-refractivity contribution in [3.05, 3.63) is 11.4 Å². The molecule has 1 heterocycles. The van der Waals surface area contributed by atoms with Gasteiger partial charge in [0.2, 0.25) is 5.91 Å². The molecular weight excluding hydrogens is 268 g/mol. The standard InChI is InChI=1S/C14H24N6O/c1-8(2)12-18-13(9(3)14(19-12)20-15)16-7-6-11(21)17-10-4-5-10/h8,10H,4-7,15H2,1-3H3,(H,17,21)(H2,16,18,19,20). The average Bonchev–Trinajstić information content (AvgIpc) is 3.24. The number of carbonyl (C=O) groups is 1. The molecule has 0 spiro atoms. The summed E-state index contributed by atoms with van der Waals surface area (Å²) in [5, 5.41) is 6.16. The van der Waals surface area contributed by atoms with Crippen LogP contribution < -0.4 is 21.9 Å². The molecule has 0 aromatic carbocycles. The third-order valence-corrected chi connectivity index (χ3v) is 3.40. The second kappa shape index (κ2) is 6.71. The molecule has 1 aromatic heterocycles. The van der Waals surface area contributed by atoms with E-state index >= 15 is 0 Å². The Morgan fingerprint density at radius 3 is 2.57 bits per heavy atom. The maximum Gasteiger partial charge on any atom is 0.221 e. The van der Waals surface area contributed by atoms with Gasteiger partial charge < -0.3 is 16.1 Å². The van der Waals surface area contributed by atoms with E-state index in [1.54, 1.807) is 0 Å². The molecule has 5 N–H and O–H groups in total. The molecule has 1 aliphatic rings. The smallest absolute Gasteiger partial charge is 0.221 e. The van der Waals surface area contributed by atoms with Crippen molar-refractivity contribution >= 4 is 17.5 Å². The van der Waals surface area contributed by atoms with Gasteiger partial charge >= 0.3 is 0 Å². The molecule has 7 nitrogen and oxygen atoms in total. The van der Waals surface area contributed by atoms with Crippen molar-refractivity contribution in [1.29, 1.82) is 0 Å². The number of hydrogen-bond acceptors (Lipinski definition) is 6. The molecular formula is C14H24N6O. The first-order valence-corrected chi connectivity index (χ1v) is 7.39. The number of nitrogens with one attached hydrogen (secondary N) is 3. The lowest BCUT2D eigenvalue weighted by Gasteiger charge is -2.15. The fraction of sp³-hybridized carbons (Fsp3) is 0.643. The number of nitrogen functional groups attached to an aromatic ring is 1. The van der Waals surface area contributed by atoms with Crippen molar-refractivity contribution in [3.63, 3.8) is 0 Å². The van der Waals surface area contributed by atoms with E-state index in [1.807, 2.05) is 20.8 Å². The summed E-state index contributed by atoms with van der Waals surface area (Å²) in [6.45, 7) is 6.49. The number of carbonyl (C=O) groups excluding carboxylic acids is 1. The van der Waals surface area contributed by atoms with Crippen LogP contribution in [-0.2, 0) is 4.79 Å². The molecule has 0 unspecified atom stereocenters. The molecule has 0 radical (unpaired) electrons. The number of nitrogens with zero attached hydrogens (tertiary/aromatic N) is 2. The third-order valence-electron chi connectivity index (χ3n) is 3.40. The summed E-state index contributed by atoms with van der Waals surface area (Å²) >= 11 is 0. The summed E-state index contributed by atoms with van der Waals surface area (Å²) in [4.78, 5) is 20.5. The Labute approximate surface area is 125 Å². The maximum absolute atomic E-state index is 11.7. The van der Waals surface area contributed by atoms with Gasteiger partial charge in [0.25, 0.3) is 0 Å². The van der Waals surface area contributed by atoms with Gasteiger partial charge in [-0.2, -0.15) is 0 Å². The molecule has 1 saturated carbocycles. The highest BCUT2D eigenvalue weighted by molar-refractivity contribution is 5.77. The van der Waals surface area contributed by atoms with Crippen LogP contribution in [0.15, 0.2) is 0 Å². The van der Waals surface area contributed by atoms with E-state index < -0.39 is 0 Å².